The zero-order chi connectivity index (χ0) is 23.9. The van der Waals surface area contributed by atoms with Crippen molar-refractivity contribution in [2.45, 2.75) is 24.4 Å². The van der Waals surface area contributed by atoms with Crippen LogP contribution >= 0.6 is 27.7 Å². The van der Waals surface area contributed by atoms with E-state index >= 15 is 0 Å². The van der Waals surface area contributed by atoms with Crippen LogP contribution in [0, 0.1) is 6.92 Å². The van der Waals surface area contributed by atoms with E-state index in [0.29, 0.717) is 17.3 Å². The maximum atomic E-state index is 12.5. The number of hydrogen-bond acceptors (Lipinski definition) is 5. The van der Waals surface area contributed by atoms with Crippen LogP contribution in [-0.4, -0.2) is 27.9 Å². The second kappa shape index (κ2) is 11.2. The van der Waals surface area contributed by atoms with E-state index in [-0.39, 0.29) is 12.6 Å². The van der Waals surface area contributed by atoms with Gasteiger partial charge in [-0.25, -0.2) is 4.79 Å². The van der Waals surface area contributed by atoms with Crippen molar-refractivity contribution in [1.29, 1.82) is 0 Å². The van der Waals surface area contributed by atoms with Crippen LogP contribution in [-0.2, 0) is 12.3 Å². The summed E-state index contributed by atoms with van der Waals surface area (Å²) in [4.78, 5) is 12.5. The van der Waals surface area contributed by atoms with Crippen LogP contribution in [0.5, 0.6) is 5.75 Å². The van der Waals surface area contributed by atoms with Gasteiger partial charge in [0.2, 0.25) is 0 Å². The summed E-state index contributed by atoms with van der Waals surface area (Å²) >= 11 is 5.02. The van der Waals surface area contributed by atoms with E-state index in [1.165, 1.54) is 0 Å². The molecule has 3 aromatic carbocycles. The summed E-state index contributed by atoms with van der Waals surface area (Å²) < 4.78 is 8.11. The van der Waals surface area contributed by atoms with Crippen molar-refractivity contribution < 1.29 is 9.53 Å². The Balaban J connectivity index is 1.52. The van der Waals surface area contributed by atoms with E-state index in [2.05, 4.69) is 42.8 Å². The van der Waals surface area contributed by atoms with Crippen molar-refractivity contribution in [2.75, 3.05) is 12.4 Å². The molecule has 0 saturated carbocycles. The molecule has 1 aromatic heterocycles. The standard InChI is InChI=1S/C25H24BrN5O2S/c1-17-10-12-19(13-11-17)31-23(15-27-24(32)28-22-9-4-3-8-21(22)26)29-30-25(31)34-16-18-6-5-7-20(14-18)33-2/h3-14H,15-16H2,1-2H3,(H2,27,28,32). The Morgan fingerprint density at radius 2 is 1.85 bits per heavy atom. The first-order chi connectivity index (χ1) is 16.5. The smallest absolute Gasteiger partial charge is 0.319 e. The molecule has 1 heterocycles. The van der Waals surface area contributed by atoms with E-state index in [1.54, 1.807) is 18.9 Å². The average molecular weight is 538 g/mol. The van der Waals surface area contributed by atoms with Gasteiger partial charge in [-0.3, -0.25) is 4.57 Å². The van der Waals surface area contributed by atoms with Crippen LogP contribution in [0.15, 0.2) is 82.4 Å². The first-order valence-electron chi connectivity index (χ1n) is 10.6. The third-order valence-electron chi connectivity index (χ3n) is 5.02. The molecule has 174 valence electrons. The molecule has 2 N–H and O–H groups in total. The number of ether oxygens (including phenoxy) is 1. The van der Waals surface area contributed by atoms with E-state index in [9.17, 15) is 4.79 Å². The minimum Gasteiger partial charge on any atom is -0.497 e. The number of nitrogens with zero attached hydrogens (tertiary/aromatic N) is 3. The molecule has 2 amide bonds. The number of rotatable bonds is 8. The Morgan fingerprint density at radius 1 is 1.06 bits per heavy atom. The van der Waals surface area contributed by atoms with Crippen LogP contribution in [0.3, 0.4) is 0 Å². The fraction of sp³-hybridized carbons (Fsp3) is 0.160. The molecule has 9 heteroatoms. The summed E-state index contributed by atoms with van der Waals surface area (Å²) in [7, 11) is 1.66. The van der Waals surface area contributed by atoms with Crippen LogP contribution in [0.1, 0.15) is 17.0 Å². The molecule has 0 bridgehead atoms. The molecule has 0 fully saturated rings. The van der Waals surface area contributed by atoms with Crippen molar-refractivity contribution in [3.05, 3.63) is 94.2 Å². The lowest BCUT2D eigenvalue weighted by atomic mass is 10.2. The Morgan fingerprint density at radius 3 is 2.62 bits per heavy atom. The highest BCUT2D eigenvalue weighted by Gasteiger charge is 2.16. The molecule has 0 aliphatic rings. The normalized spacial score (nSPS) is 10.7. The van der Waals surface area contributed by atoms with Gasteiger partial charge in [0.1, 0.15) is 5.75 Å². The zero-order valence-corrected chi connectivity index (χ0v) is 21.2. The van der Waals surface area contributed by atoms with Gasteiger partial charge >= 0.3 is 6.03 Å². The summed E-state index contributed by atoms with van der Waals surface area (Å²) in [6, 6.07) is 23.2. The number of methoxy groups -OCH3 is 1. The van der Waals surface area contributed by atoms with Crippen molar-refractivity contribution in [1.82, 2.24) is 20.1 Å². The predicted molar refractivity (Wildman–Crippen MR) is 139 cm³/mol. The molecular weight excluding hydrogens is 514 g/mol. The largest absolute Gasteiger partial charge is 0.497 e. The predicted octanol–water partition coefficient (Wildman–Crippen LogP) is 5.96. The minimum atomic E-state index is -0.323. The number of amides is 2. The van der Waals surface area contributed by atoms with Gasteiger partial charge in [0.15, 0.2) is 11.0 Å². The van der Waals surface area contributed by atoms with Gasteiger partial charge in [-0.2, -0.15) is 0 Å². The number of aromatic nitrogens is 3. The number of carbonyl (C=O) groups is 1. The highest BCUT2D eigenvalue weighted by molar-refractivity contribution is 9.10. The number of hydrogen-bond donors (Lipinski definition) is 2. The summed E-state index contributed by atoms with van der Waals surface area (Å²) in [5, 5.41) is 15.3. The SMILES string of the molecule is COc1cccc(CSc2nnc(CNC(=O)Nc3ccccc3Br)n2-c2ccc(C)cc2)c1. The highest BCUT2D eigenvalue weighted by atomic mass is 79.9. The first kappa shape index (κ1) is 23.8. The van der Waals surface area contributed by atoms with Gasteiger partial charge in [0, 0.05) is 15.9 Å². The summed E-state index contributed by atoms with van der Waals surface area (Å²) in [5.74, 6) is 2.16. The number of anilines is 1. The van der Waals surface area contributed by atoms with Crippen LogP contribution in [0.25, 0.3) is 5.69 Å². The van der Waals surface area contributed by atoms with Crippen LogP contribution in [0.4, 0.5) is 10.5 Å². The van der Waals surface area contributed by atoms with Crippen molar-refractivity contribution in [2.24, 2.45) is 0 Å². The van der Waals surface area contributed by atoms with Crippen molar-refractivity contribution in [3.63, 3.8) is 0 Å². The van der Waals surface area contributed by atoms with Gasteiger partial charge in [0.25, 0.3) is 0 Å². The molecule has 0 aliphatic carbocycles. The van der Waals surface area contributed by atoms with Gasteiger partial charge in [-0.1, -0.05) is 53.7 Å². The second-order valence-corrected chi connectivity index (χ2v) is 9.29. The Labute approximate surface area is 211 Å². The summed E-state index contributed by atoms with van der Waals surface area (Å²) in [5.41, 5.74) is 3.91. The Hall–Kier alpha value is -3.30. The lowest BCUT2D eigenvalue weighted by molar-refractivity contribution is 0.251. The van der Waals surface area contributed by atoms with E-state index < -0.39 is 0 Å². The fourth-order valence-corrected chi connectivity index (χ4v) is 4.56. The average Bonchev–Trinajstić information content (AvgIpc) is 3.26. The molecule has 0 atom stereocenters. The highest BCUT2D eigenvalue weighted by Crippen LogP contribution is 2.27. The molecule has 0 spiro atoms. The van der Waals surface area contributed by atoms with Crippen molar-refractivity contribution >= 4 is 39.4 Å². The molecule has 0 saturated heterocycles. The topological polar surface area (TPSA) is 81.1 Å². The molecule has 0 unspecified atom stereocenters. The number of nitrogens with one attached hydrogen (secondary N) is 2. The molecule has 4 rings (SSSR count). The quantitative estimate of drug-likeness (QED) is 0.271. The second-order valence-electron chi connectivity index (χ2n) is 7.50. The number of urea groups is 1. The Kier molecular flexibility index (Phi) is 7.87. The Bertz CT molecular complexity index is 1280. The van der Waals surface area contributed by atoms with Gasteiger partial charge in [-0.05, 0) is 64.8 Å². The third kappa shape index (κ3) is 5.98. The van der Waals surface area contributed by atoms with E-state index in [1.807, 2.05) is 78.2 Å². The van der Waals surface area contributed by atoms with Crippen LogP contribution in [0.2, 0.25) is 0 Å². The summed E-state index contributed by atoms with van der Waals surface area (Å²) in [6.07, 6.45) is 0. The number of thioether (sulfide) groups is 1. The number of benzene rings is 3. The third-order valence-corrected chi connectivity index (χ3v) is 6.72. The molecule has 7 nitrogen and oxygen atoms in total. The maximum Gasteiger partial charge on any atom is 0.319 e. The van der Waals surface area contributed by atoms with Gasteiger partial charge in [-0.15, -0.1) is 10.2 Å². The fourth-order valence-electron chi connectivity index (χ4n) is 3.26. The lowest BCUT2D eigenvalue weighted by Gasteiger charge is -2.12. The zero-order valence-electron chi connectivity index (χ0n) is 18.8. The number of para-hydroxylation sites is 1. The molecule has 0 radical (unpaired) electrons. The van der Waals surface area contributed by atoms with Gasteiger partial charge in [0.05, 0.1) is 19.3 Å². The summed E-state index contributed by atoms with van der Waals surface area (Å²) in [6.45, 7) is 2.26. The number of carbonyl (C=O) groups excluding carboxylic acids is 1. The minimum absolute atomic E-state index is 0.219. The molecule has 4 aromatic rings. The van der Waals surface area contributed by atoms with Crippen molar-refractivity contribution in [3.8, 4) is 11.4 Å². The monoisotopic (exact) mass is 537 g/mol. The van der Waals surface area contributed by atoms with Gasteiger partial charge < -0.3 is 15.4 Å². The molecular formula is C25H24BrN5O2S. The maximum absolute atomic E-state index is 12.5. The van der Waals surface area contributed by atoms with E-state index in [4.69, 9.17) is 4.74 Å². The molecule has 34 heavy (non-hydrogen) atoms. The molecule has 0 aliphatic heterocycles. The number of halogens is 1. The van der Waals surface area contributed by atoms with Crippen LogP contribution < -0.4 is 15.4 Å². The first-order valence-corrected chi connectivity index (χ1v) is 12.4. The lowest BCUT2D eigenvalue weighted by Crippen LogP contribution is -2.29. The van der Waals surface area contributed by atoms with E-state index in [0.717, 1.165) is 32.2 Å². The number of aryl methyl sites for hydroxylation is 1.